The van der Waals surface area contributed by atoms with Crippen molar-refractivity contribution in [2.24, 2.45) is 11.8 Å². The minimum Gasteiger partial charge on any atom is -0.0760 e. The van der Waals surface area contributed by atoms with E-state index in [0.717, 1.165) is 11.8 Å². The molecule has 0 nitrogen and oxygen atoms in total. The first kappa shape index (κ1) is 11.1. The summed E-state index contributed by atoms with van der Waals surface area (Å²) >= 11 is 0. The molecule has 1 aromatic carbocycles. The summed E-state index contributed by atoms with van der Waals surface area (Å²) in [5.74, 6) is 1.90. The Bertz CT molecular complexity index is 427. The van der Waals surface area contributed by atoms with Gasteiger partial charge in [-0.2, -0.15) is 0 Å². The molecular formula is C17H22. The van der Waals surface area contributed by atoms with Gasteiger partial charge in [0.2, 0.25) is 0 Å². The van der Waals surface area contributed by atoms with Gasteiger partial charge in [0.25, 0.3) is 0 Å². The van der Waals surface area contributed by atoms with Crippen LogP contribution in [0, 0.1) is 11.8 Å². The lowest BCUT2D eigenvalue weighted by Gasteiger charge is -2.05. The van der Waals surface area contributed by atoms with Crippen molar-refractivity contribution in [1.82, 2.24) is 0 Å². The van der Waals surface area contributed by atoms with Gasteiger partial charge in [-0.1, -0.05) is 56.5 Å². The van der Waals surface area contributed by atoms with Crippen molar-refractivity contribution in [3.63, 3.8) is 0 Å². The van der Waals surface area contributed by atoms with Gasteiger partial charge in [-0.15, -0.1) is 0 Å². The van der Waals surface area contributed by atoms with Gasteiger partial charge in [-0.3, -0.25) is 0 Å². The Balaban J connectivity index is 1.61. The molecule has 17 heavy (non-hydrogen) atoms. The second kappa shape index (κ2) is 4.68. The molecule has 2 atom stereocenters. The van der Waals surface area contributed by atoms with Crippen LogP contribution in [0.5, 0.6) is 0 Å². The minimum absolute atomic E-state index is 0.899. The highest BCUT2D eigenvalue weighted by Crippen LogP contribution is 2.52. The van der Waals surface area contributed by atoms with Gasteiger partial charge in [-0.05, 0) is 47.8 Å². The zero-order valence-electron chi connectivity index (χ0n) is 10.8. The molecule has 0 amide bonds. The quantitative estimate of drug-likeness (QED) is 0.630. The average Bonchev–Trinajstić information content (AvgIpc) is 3.00. The Kier molecular flexibility index (Phi) is 3.05. The largest absolute Gasteiger partial charge is 0.0760 e. The highest BCUT2D eigenvalue weighted by atomic mass is 14.4. The summed E-state index contributed by atoms with van der Waals surface area (Å²) in [6, 6.07) is 8.95. The first-order chi connectivity index (χ1) is 8.40. The molecule has 0 N–H and O–H groups in total. The van der Waals surface area contributed by atoms with Gasteiger partial charge in [0, 0.05) is 0 Å². The smallest absolute Gasteiger partial charge is 0.00853 e. The molecule has 1 aromatic rings. The van der Waals surface area contributed by atoms with Gasteiger partial charge < -0.3 is 0 Å². The number of allylic oxidation sites excluding steroid dienone is 2. The van der Waals surface area contributed by atoms with Gasteiger partial charge in [-0.25, -0.2) is 0 Å². The molecule has 0 heteroatoms. The van der Waals surface area contributed by atoms with Crippen molar-refractivity contribution in [3.05, 3.63) is 41.5 Å². The maximum Gasteiger partial charge on any atom is -0.00853 e. The van der Waals surface area contributed by atoms with E-state index in [-0.39, 0.29) is 0 Å². The summed E-state index contributed by atoms with van der Waals surface area (Å²) in [5, 5.41) is 0. The molecule has 90 valence electrons. The Labute approximate surface area is 105 Å². The fraction of sp³-hybridized carbons (Fsp3) is 0.529. The minimum atomic E-state index is 0.899. The van der Waals surface area contributed by atoms with E-state index < -0.39 is 0 Å². The molecule has 1 saturated carbocycles. The van der Waals surface area contributed by atoms with Crippen LogP contribution >= 0.6 is 0 Å². The van der Waals surface area contributed by atoms with E-state index in [2.05, 4.69) is 37.3 Å². The Morgan fingerprint density at radius 1 is 1.18 bits per heavy atom. The molecule has 0 aromatic heterocycles. The highest BCUT2D eigenvalue weighted by Gasteiger charge is 2.40. The summed E-state index contributed by atoms with van der Waals surface area (Å²) < 4.78 is 0. The molecule has 0 saturated heterocycles. The van der Waals surface area contributed by atoms with Crippen LogP contribution < -0.4 is 0 Å². The standard InChI is InChI=1S/C17H22/c1-2-3-4-8-14-12-17(14)16-11-10-13-7-5-6-9-15(13)16/h5-7,9,11,14,17H,2-4,8,10,12H2,1H3/t14-,17-/m0/s1. The Hall–Kier alpha value is -1.04. The molecule has 3 rings (SSSR count). The van der Waals surface area contributed by atoms with E-state index in [1.165, 1.54) is 38.5 Å². The van der Waals surface area contributed by atoms with Crippen LogP contribution in [0.4, 0.5) is 0 Å². The number of hydrogen-bond acceptors (Lipinski definition) is 0. The SMILES string of the molecule is CCCCC[C@H]1C[C@@H]1C1=CCc2ccccc21. The van der Waals surface area contributed by atoms with Crippen molar-refractivity contribution in [2.45, 2.75) is 45.4 Å². The monoisotopic (exact) mass is 226 g/mol. The first-order valence-corrected chi connectivity index (χ1v) is 7.18. The summed E-state index contributed by atoms with van der Waals surface area (Å²) in [6.07, 6.45) is 10.8. The van der Waals surface area contributed by atoms with Crippen molar-refractivity contribution < 1.29 is 0 Å². The predicted molar refractivity (Wildman–Crippen MR) is 73.9 cm³/mol. The molecule has 0 bridgehead atoms. The van der Waals surface area contributed by atoms with Crippen LogP contribution in [0.2, 0.25) is 0 Å². The summed E-state index contributed by atoms with van der Waals surface area (Å²) in [7, 11) is 0. The molecule has 0 radical (unpaired) electrons. The number of fused-ring (bicyclic) bond motifs is 1. The van der Waals surface area contributed by atoms with Gasteiger partial charge in [0.15, 0.2) is 0 Å². The maximum absolute atomic E-state index is 2.48. The zero-order chi connectivity index (χ0) is 11.7. The third-order valence-corrected chi connectivity index (χ3v) is 4.37. The first-order valence-electron chi connectivity index (χ1n) is 7.18. The average molecular weight is 226 g/mol. The Morgan fingerprint density at radius 3 is 2.94 bits per heavy atom. The lowest BCUT2D eigenvalue weighted by molar-refractivity contribution is 0.607. The fourth-order valence-corrected chi connectivity index (χ4v) is 3.26. The van der Waals surface area contributed by atoms with E-state index >= 15 is 0 Å². The summed E-state index contributed by atoms with van der Waals surface area (Å²) in [5.41, 5.74) is 4.76. The van der Waals surface area contributed by atoms with Gasteiger partial charge in [0.1, 0.15) is 0 Å². The third kappa shape index (κ3) is 2.18. The van der Waals surface area contributed by atoms with Crippen molar-refractivity contribution in [3.8, 4) is 0 Å². The van der Waals surface area contributed by atoms with E-state index in [9.17, 15) is 0 Å². The van der Waals surface area contributed by atoms with Crippen LogP contribution in [0.15, 0.2) is 30.3 Å². The summed E-state index contributed by atoms with van der Waals surface area (Å²) in [4.78, 5) is 0. The van der Waals surface area contributed by atoms with E-state index in [1.54, 1.807) is 16.7 Å². The van der Waals surface area contributed by atoms with E-state index in [0.29, 0.717) is 0 Å². The van der Waals surface area contributed by atoms with Gasteiger partial charge in [0.05, 0.1) is 0 Å². The van der Waals surface area contributed by atoms with Crippen LogP contribution in [0.1, 0.15) is 50.2 Å². The normalized spacial score (nSPS) is 25.6. The topological polar surface area (TPSA) is 0 Å². The second-order valence-corrected chi connectivity index (χ2v) is 5.62. The lowest BCUT2D eigenvalue weighted by atomic mass is 10.00. The fourth-order valence-electron chi connectivity index (χ4n) is 3.26. The molecule has 1 fully saturated rings. The molecule has 0 spiro atoms. The number of unbranched alkanes of at least 4 members (excludes halogenated alkanes) is 2. The Morgan fingerprint density at radius 2 is 2.06 bits per heavy atom. The number of hydrogen-bond donors (Lipinski definition) is 0. The van der Waals surface area contributed by atoms with Crippen LogP contribution in [0.3, 0.4) is 0 Å². The highest BCUT2D eigenvalue weighted by molar-refractivity contribution is 5.76. The number of rotatable bonds is 5. The molecule has 0 unspecified atom stereocenters. The zero-order valence-corrected chi connectivity index (χ0v) is 10.8. The molecular weight excluding hydrogens is 204 g/mol. The third-order valence-electron chi connectivity index (χ3n) is 4.37. The van der Waals surface area contributed by atoms with Crippen molar-refractivity contribution >= 4 is 5.57 Å². The molecule has 0 aliphatic heterocycles. The predicted octanol–water partition coefficient (Wildman–Crippen LogP) is 4.84. The van der Waals surface area contributed by atoms with Crippen LogP contribution in [-0.4, -0.2) is 0 Å². The second-order valence-electron chi connectivity index (χ2n) is 5.62. The van der Waals surface area contributed by atoms with E-state index in [1.807, 2.05) is 0 Å². The molecule has 2 aliphatic rings. The lowest BCUT2D eigenvalue weighted by Crippen LogP contribution is -1.89. The number of benzene rings is 1. The van der Waals surface area contributed by atoms with Crippen LogP contribution in [-0.2, 0) is 6.42 Å². The van der Waals surface area contributed by atoms with Crippen molar-refractivity contribution in [2.75, 3.05) is 0 Å². The molecule has 0 heterocycles. The summed E-state index contributed by atoms with van der Waals surface area (Å²) in [6.45, 7) is 2.29. The molecule has 2 aliphatic carbocycles. The van der Waals surface area contributed by atoms with E-state index in [4.69, 9.17) is 0 Å². The van der Waals surface area contributed by atoms with Crippen molar-refractivity contribution in [1.29, 1.82) is 0 Å². The van der Waals surface area contributed by atoms with Crippen LogP contribution in [0.25, 0.3) is 5.57 Å². The maximum atomic E-state index is 2.48. The van der Waals surface area contributed by atoms with Gasteiger partial charge >= 0.3 is 0 Å².